The highest BCUT2D eigenvalue weighted by molar-refractivity contribution is 6.38. The summed E-state index contributed by atoms with van der Waals surface area (Å²) in [5, 5.41) is 1.71. The molecule has 4 nitrogen and oxygen atoms in total. The predicted octanol–water partition coefficient (Wildman–Crippen LogP) is 5.05. The summed E-state index contributed by atoms with van der Waals surface area (Å²) in [5.41, 5.74) is 1.64. The third kappa shape index (κ3) is 2.64. The Morgan fingerprint density at radius 1 is 0.960 bits per heavy atom. The molecule has 1 amide bonds. The molecule has 4 rings (SSSR count). The van der Waals surface area contributed by atoms with Crippen LogP contribution in [0.25, 0.3) is 0 Å². The van der Waals surface area contributed by atoms with Gasteiger partial charge < -0.3 is 14.4 Å². The highest BCUT2D eigenvalue weighted by atomic mass is 35.5. The molecule has 0 N–H and O–H groups in total. The summed E-state index contributed by atoms with van der Waals surface area (Å²) in [6.07, 6.45) is 0. The number of carbonyl (C=O) groups is 1. The van der Waals surface area contributed by atoms with Crippen molar-refractivity contribution < 1.29 is 14.3 Å². The van der Waals surface area contributed by atoms with Gasteiger partial charge in [0.2, 0.25) is 0 Å². The van der Waals surface area contributed by atoms with E-state index in [1.165, 1.54) is 4.90 Å². The van der Waals surface area contributed by atoms with Gasteiger partial charge in [-0.2, -0.15) is 0 Å². The first-order valence-corrected chi connectivity index (χ1v) is 8.97. The van der Waals surface area contributed by atoms with Gasteiger partial charge in [-0.3, -0.25) is 4.79 Å². The number of benzene rings is 2. The van der Waals surface area contributed by atoms with E-state index in [4.69, 9.17) is 55.9 Å². The molecule has 8 heteroatoms. The first-order valence-electron chi connectivity index (χ1n) is 7.46. The van der Waals surface area contributed by atoms with Crippen molar-refractivity contribution in [1.29, 1.82) is 0 Å². The van der Waals surface area contributed by atoms with E-state index in [2.05, 4.69) is 0 Å². The van der Waals surface area contributed by atoms with Gasteiger partial charge >= 0.3 is 0 Å². The number of amides is 1. The van der Waals surface area contributed by atoms with Gasteiger partial charge in [0, 0.05) is 10.0 Å². The largest absolute Gasteiger partial charge is 0.336 e. The zero-order valence-electron chi connectivity index (χ0n) is 12.7. The van der Waals surface area contributed by atoms with E-state index >= 15 is 0 Å². The number of ether oxygens (including phenoxy) is 2. The van der Waals surface area contributed by atoms with Crippen LogP contribution in [0.5, 0.6) is 0 Å². The summed E-state index contributed by atoms with van der Waals surface area (Å²) >= 11 is 24.9. The first-order chi connectivity index (χ1) is 11.9. The Morgan fingerprint density at radius 2 is 1.64 bits per heavy atom. The van der Waals surface area contributed by atoms with Gasteiger partial charge in [-0.1, -0.05) is 52.5 Å². The maximum absolute atomic E-state index is 13.2. The number of hydrogen-bond donors (Lipinski definition) is 0. The maximum atomic E-state index is 13.2. The molecule has 0 aliphatic carbocycles. The second-order valence-corrected chi connectivity index (χ2v) is 7.35. The van der Waals surface area contributed by atoms with Crippen LogP contribution >= 0.6 is 46.4 Å². The lowest BCUT2D eigenvalue weighted by atomic mass is 10.1. The minimum absolute atomic E-state index is 0.191. The predicted molar refractivity (Wildman–Crippen MR) is 97.7 cm³/mol. The fraction of sp³-hybridized carbons (Fsp3) is 0.235. The minimum Gasteiger partial charge on any atom is -0.336 e. The maximum Gasteiger partial charge on any atom is 0.292 e. The van der Waals surface area contributed by atoms with Crippen LogP contribution < -0.4 is 4.90 Å². The fourth-order valence-corrected chi connectivity index (χ4v) is 4.16. The smallest absolute Gasteiger partial charge is 0.292 e. The number of anilines is 1. The van der Waals surface area contributed by atoms with Crippen molar-refractivity contribution in [3.8, 4) is 0 Å². The van der Waals surface area contributed by atoms with Gasteiger partial charge in [-0.05, 0) is 29.8 Å². The van der Waals surface area contributed by atoms with Crippen molar-refractivity contribution in [2.75, 3.05) is 18.1 Å². The molecule has 0 radical (unpaired) electrons. The van der Waals surface area contributed by atoms with Crippen LogP contribution in [0, 0.1) is 0 Å². The molecule has 0 atom stereocenters. The Labute approximate surface area is 164 Å². The first kappa shape index (κ1) is 17.4. The Balaban J connectivity index is 1.85. The molecule has 0 unspecified atom stereocenters. The van der Waals surface area contributed by atoms with Crippen molar-refractivity contribution in [2.45, 2.75) is 12.3 Å². The molecule has 0 bridgehead atoms. The minimum atomic E-state index is -1.55. The molecular formula is C17H11Cl4NO3. The number of rotatable bonds is 2. The summed E-state index contributed by atoms with van der Waals surface area (Å²) < 4.78 is 11.4. The van der Waals surface area contributed by atoms with Gasteiger partial charge in [-0.25, -0.2) is 0 Å². The molecule has 130 valence electrons. The lowest BCUT2D eigenvalue weighted by Crippen LogP contribution is -2.41. The normalized spacial score (nSPS) is 18.2. The monoisotopic (exact) mass is 417 g/mol. The number of halogens is 4. The summed E-state index contributed by atoms with van der Waals surface area (Å²) in [5.74, 6) is -1.92. The average molecular weight is 419 g/mol. The molecule has 1 saturated heterocycles. The molecule has 2 aliphatic rings. The molecule has 2 aromatic rings. The van der Waals surface area contributed by atoms with Crippen LogP contribution in [0.3, 0.4) is 0 Å². The van der Waals surface area contributed by atoms with Crippen LogP contribution in [0.4, 0.5) is 5.69 Å². The van der Waals surface area contributed by atoms with E-state index < -0.39 is 5.79 Å². The molecule has 1 fully saturated rings. The topological polar surface area (TPSA) is 38.8 Å². The lowest BCUT2D eigenvalue weighted by Gasteiger charge is -2.22. The van der Waals surface area contributed by atoms with Crippen LogP contribution in [-0.2, 0) is 26.6 Å². The average Bonchev–Trinajstić information content (AvgIpc) is 3.14. The van der Waals surface area contributed by atoms with Crippen molar-refractivity contribution in [2.24, 2.45) is 0 Å². The Bertz CT molecular complexity index is 880. The summed E-state index contributed by atoms with van der Waals surface area (Å²) in [7, 11) is 0. The van der Waals surface area contributed by atoms with Gasteiger partial charge in [0.25, 0.3) is 11.7 Å². The van der Waals surface area contributed by atoms with Gasteiger partial charge in [0.15, 0.2) is 0 Å². The van der Waals surface area contributed by atoms with Crippen LogP contribution in [0.2, 0.25) is 20.1 Å². The highest BCUT2D eigenvalue weighted by Gasteiger charge is 2.58. The molecule has 2 aliphatic heterocycles. The van der Waals surface area contributed by atoms with E-state index in [0.717, 1.165) is 5.56 Å². The highest BCUT2D eigenvalue weighted by Crippen LogP contribution is 2.52. The fourth-order valence-electron chi connectivity index (χ4n) is 3.16. The summed E-state index contributed by atoms with van der Waals surface area (Å²) in [4.78, 5) is 14.7. The summed E-state index contributed by atoms with van der Waals surface area (Å²) in [6.45, 7) is 0.781. The second-order valence-electron chi connectivity index (χ2n) is 5.69. The standard InChI is InChI=1S/C17H11Cl4NO3/c18-10-2-1-9(13(21)7-10)8-22-15-12(20)4-3-11(19)14(15)17(16(22)23)24-5-6-25-17/h1-4,7H,5-6,8H2. The van der Waals surface area contributed by atoms with E-state index in [-0.39, 0.29) is 12.5 Å². The van der Waals surface area contributed by atoms with Crippen LogP contribution in [0.15, 0.2) is 30.3 Å². The lowest BCUT2D eigenvalue weighted by molar-refractivity contribution is -0.180. The Kier molecular flexibility index (Phi) is 4.39. The van der Waals surface area contributed by atoms with E-state index in [9.17, 15) is 4.79 Å². The SMILES string of the molecule is O=C1N(Cc2ccc(Cl)cc2Cl)c2c(Cl)ccc(Cl)c2C12OCCO2. The van der Waals surface area contributed by atoms with Crippen molar-refractivity contribution in [1.82, 2.24) is 0 Å². The van der Waals surface area contributed by atoms with Crippen molar-refractivity contribution in [3.63, 3.8) is 0 Å². The second kappa shape index (κ2) is 6.31. The van der Waals surface area contributed by atoms with Gasteiger partial charge in [-0.15, -0.1) is 0 Å². The van der Waals surface area contributed by atoms with Crippen molar-refractivity contribution >= 4 is 58.0 Å². The number of carbonyl (C=O) groups excluding carboxylic acids is 1. The van der Waals surface area contributed by atoms with Crippen LogP contribution in [-0.4, -0.2) is 19.1 Å². The molecule has 25 heavy (non-hydrogen) atoms. The van der Waals surface area contributed by atoms with E-state index in [1.807, 2.05) is 0 Å². The summed E-state index contributed by atoms with van der Waals surface area (Å²) in [6, 6.07) is 8.36. The number of hydrogen-bond acceptors (Lipinski definition) is 3. The van der Waals surface area contributed by atoms with Gasteiger partial charge in [0.1, 0.15) is 0 Å². The van der Waals surface area contributed by atoms with Crippen LogP contribution in [0.1, 0.15) is 11.1 Å². The Morgan fingerprint density at radius 3 is 2.32 bits per heavy atom. The quantitative estimate of drug-likeness (QED) is 0.685. The van der Waals surface area contributed by atoms with E-state index in [0.29, 0.717) is 44.6 Å². The molecular weight excluding hydrogens is 408 g/mol. The van der Waals surface area contributed by atoms with Gasteiger partial charge in [0.05, 0.1) is 41.1 Å². The molecule has 2 heterocycles. The molecule has 0 saturated carbocycles. The third-order valence-corrected chi connectivity index (χ3v) is 5.45. The molecule has 1 spiro atoms. The zero-order chi connectivity index (χ0) is 17.8. The number of nitrogens with zero attached hydrogens (tertiary/aromatic N) is 1. The van der Waals surface area contributed by atoms with Crippen molar-refractivity contribution in [3.05, 3.63) is 61.5 Å². The Hall–Kier alpha value is -1.01. The zero-order valence-corrected chi connectivity index (χ0v) is 15.7. The molecule has 2 aromatic carbocycles. The third-order valence-electron chi connectivity index (χ3n) is 4.24. The number of fused-ring (bicyclic) bond motifs is 2. The van der Waals surface area contributed by atoms with E-state index in [1.54, 1.807) is 30.3 Å². The molecule has 0 aromatic heterocycles.